The largest absolute Gasteiger partial charge is 0.481 e. The first kappa shape index (κ1) is 13.4. The van der Waals surface area contributed by atoms with E-state index in [1.165, 1.54) is 9.13 Å². The number of aliphatic carboxylic acids is 1. The molecule has 1 aromatic rings. The topological polar surface area (TPSA) is 40.5 Å². The lowest BCUT2D eigenvalue weighted by molar-refractivity contribution is -0.146. The van der Waals surface area contributed by atoms with Crippen molar-refractivity contribution in [2.75, 3.05) is 7.05 Å². The quantitative estimate of drug-likeness (QED) is 0.813. The van der Waals surface area contributed by atoms with E-state index in [9.17, 15) is 9.90 Å². The molecule has 4 atom stereocenters. The summed E-state index contributed by atoms with van der Waals surface area (Å²) in [6, 6.07) is 9.13. The minimum atomic E-state index is -0.638. The molecule has 2 bridgehead atoms. The van der Waals surface area contributed by atoms with E-state index < -0.39 is 5.97 Å². The van der Waals surface area contributed by atoms with Gasteiger partial charge in [0.15, 0.2) is 0 Å². The first-order chi connectivity index (χ1) is 9.08. The molecule has 4 heteroatoms. The highest BCUT2D eigenvalue weighted by Gasteiger charge is 2.49. The van der Waals surface area contributed by atoms with Gasteiger partial charge in [-0.3, -0.25) is 9.69 Å². The summed E-state index contributed by atoms with van der Waals surface area (Å²) in [4.78, 5) is 14.0. The smallest absolute Gasteiger partial charge is 0.308 e. The Morgan fingerprint density at radius 1 is 1.32 bits per heavy atom. The Balaban J connectivity index is 1.95. The summed E-state index contributed by atoms with van der Waals surface area (Å²) in [6.45, 7) is 0. The van der Waals surface area contributed by atoms with Gasteiger partial charge in [0.05, 0.1) is 5.92 Å². The fourth-order valence-corrected chi connectivity index (χ4v) is 4.22. The van der Waals surface area contributed by atoms with Crippen LogP contribution in [0.5, 0.6) is 0 Å². The van der Waals surface area contributed by atoms with Crippen LogP contribution < -0.4 is 0 Å². The maximum Gasteiger partial charge on any atom is 0.308 e. The zero-order valence-electron chi connectivity index (χ0n) is 10.9. The van der Waals surface area contributed by atoms with Crippen molar-refractivity contribution >= 4 is 28.6 Å². The fraction of sp³-hybridized carbons (Fsp3) is 0.533. The first-order valence-electron chi connectivity index (χ1n) is 6.78. The van der Waals surface area contributed by atoms with Gasteiger partial charge in [0.2, 0.25) is 0 Å². The lowest BCUT2D eigenvalue weighted by atomic mass is 9.76. The Kier molecular flexibility index (Phi) is 3.55. The minimum Gasteiger partial charge on any atom is -0.481 e. The number of carboxylic acids is 1. The number of carbonyl (C=O) groups is 1. The number of halogens is 1. The number of nitrogens with zero attached hydrogens (tertiary/aromatic N) is 1. The van der Waals surface area contributed by atoms with E-state index in [-0.39, 0.29) is 17.9 Å². The fourth-order valence-electron chi connectivity index (χ4n) is 3.86. The molecular weight excluding hydrogens is 353 g/mol. The van der Waals surface area contributed by atoms with Crippen molar-refractivity contribution in [3.8, 4) is 0 Å². The SMILES string of the molecule is CN1[C@H]2CC[C@@H]1C(C(=O)O)[C@@H](c1ccc(I)cc1)C2. The summed E-state index contributed by atoms with van der Waals surface area (Å²) in [5, 5.41) is 9.63. The van der Waals surface area contributed by atoms with Gasteiger partial charge in [-0.2, -0.15) is 0 Å². The van der Waals surface area contributed by atoms with Gasteiger partial charge in [-0.15, -0.1) is 0 Å². The number of hydrogen-bond acceptors (Lipinski definition) is 2. The zero-order chi connectivity index (χ0) is 13.6. The van der Waals surface area contributed by atoms with Gasteiger partial charge in [0.25, 0.3) is 0 Å². The van der Waals surface area contributed by atoms with Crippen molar-refractivity contribution in [1.29, 1.82) is 0 Å². The van der Waals surface area contributed by atoms with E-state index in [0.29, 0.717) is 6.04 Å². The lowest BCUT2D eigenvalue weighted by Gasteiger charge is -2.41. The van der Waals surface area contributed by atoms with Crippen molar-refractivity contribution in [1.82, 2.24) is 4.90 Å². The van der Waals surface area contributed by atoms with Gasteiger partial charge in [-0.05, 0) is 66.6 Å². The molecule has 2 heterocycles. The van der Waals surface area contributed by atoms with Crippen molar-refractivity contribution in [3.05, 3.63) is 33.4 Å². The number of hydrogen-bond donors (Lipinski definition) is 1. The summed E-state index contributed by atoms with van der Waals surface area (Å²) < 4.78 is 1.20. The molecule has 1 unspecified atom stereocenters. The molecule has 0 radical (unpaired) electrons. The highest BCUT2D eigenvalue weighted by molar-refractivity contribution is 14.1. The van der Waals surface area contributed by atoms with Crippen LogP contribution in [0.4, 0.5) is 0 Å². The van der Waals surface area contributed by atoms with Crippen molar-refractivity contribution in [2.24, 2.45) is 5.92 Å². The molecule has 1 aromatic carbocycles. The first-order valence-corrected chi connectivity index (χ1v) is 7.86. The number of rotatable bonds is 2. The highest BCUT2D eigenvalue weighted by atomic mass is 127. The molecule has 2 aliphatic rings. The molecule has 0 amide bonds. The number of carboxylic acid groups (broad SMARTS) is 1. The number of piperidine rings is 1. The molecule has 2 saturated heterocycles. The minimum absolute atomic E-state index is 0.170. The molecule has 2 fully saturated rings. The molecule has 3 nitrogen and oxygen atoms in total. The van der Waals surface area contributed by atoms with Crippen LogP contribution in [0.2, 0.25) is 0 Å². The number of benzene rings is 1. The molecule has 0 saturated carbocycles. The molecule has 3 rings (SSSR count). The second-order valence-corrected chi connectivity index (χ2v) is 6.97. The maximum atomic E-state index is 11.7. The predicted molar refractivity (Wildman–Crippen MR) is 82.2 cm³/mol. The molecule has 0 aliphatic carbocycles. The third-order valence-electron chi connectivity index (χ3n) is 4.85. The van der Waals surface area contributed by atoms with Crippen LogP contribution in [0.15, 0.2) is 24.3 Å². The Labute approximate surface area is 127 Å². The Bertz CT molecular complexity index is 487. The monoisotopic (exact) mass is 371 g/mol. The third-order valence-corrected chi connectivity index (χ3v) is 5.57. The average Bonchev–Trinajstić information content (AvgIpc) is 2.63. The van der Waals surface area contributed by atoms with Crippen LogP contribution >= 0.6 is 22.6 Å². The van der Waals surface area contributed by atoms with Crippen LogP contribution in [0.25, 0.3) is 0 Å². The summed E-state index contributed by atoms with van der Waals surface area (Å²) >= 11 is 2.29. The van der Waals surface area contributed by atoms with Crippen molar-refractivity contribution < 1.29 is 9.90 Å². The summed E-state index contributed by atoms with van der Waals surface area (Å²) in [5.41, 5.74) is 1.19. The van der Waals surface area contributed by atoms with Crippen LogP contribution in [0, 0.1) is 9.49 Å². The summed E-state index contributed by atoms with van der Waals surface area (Å²) in [7, 11) is 2.09. The molecule has 0 spiro atoms. The van der Waals surface area contributed by atoms with E-state index in [2.05, 4.69) is 58.8 Å². The van der Waals surface area contributed by atoms with Crippen LogP contribution in [-0.4, -0.2) is 35.1 Å². The van der Waals surface area contributed by atoms with E-state index in [4.69, 9.17) is 0 Å². The molecule has 1 N–H and O–H groups in total. The van der Waals surface area contributed by atoms with Gasteiger partial charge in [0, 0.05) is 21.6 Å². The van der Waals surface area contributed by atoms with Gasteiger partial charge in [-0.1, -0.05) is 12.1 Å². The van der Waals surface area contributed by atoms with Crippen LogP contribution in [0.3, 0.4) is 0 Å². The van der Waals surface area contributed by atoms with Gasteiger partial charge in [-0.25, -0.2) is 0 Å². The van der Waals surface area contributed by atoms with Crippen molar-refractivity contribution in [3.63, 3.8) is 0 Å². The molecular formula is C15H18INO2. The summed E-state index contributed by atoms with van der Waals surface area (Å²) in [5.74, 6) is -0.729. The third kappa shape index (κ3) is 2.29. The van der Waals surface area contributed by atoms with Crippen LogP contribution in [0.1, 0.15) is 30.7 Å². The normalized spacial score (nSPS) is 34.4. The Hall–Kier alpha value is -0.620. The molecule has 102 valence electrons. The van der Waals surface area contributed by atoms with Gasteiger partial charge < -0.3 is 5.11 Å². The average molecular weight is 371 g/mol. The molecule has 2 aliphatic heterocycles. The van der Waals surface area contributed by atoms with Gasteiger partial charge >= 0.3 is 5.97 Å². The lowest BCUT2D eigenvalue weighted by Crippen LogP contribution is -2.48. The maximum absolute atomic E-state index is 11.7. The van der Waals surface area contributed by atoms with Crippen molar-refractivity contribution in [2.45, 2.75) is 37.3 Å². The predicted octanol–water partition coefficient (Wildman–Crippen LogP) is 2.94. The van der Waals surface area contributed by atoms with E-state index in [1.807, 2.05) is 0 Å². The van der Waals surface area contributed by atoms with E-state index in [0.717, 1.165) is 19.3 Å². The zero-order valence-corrected chi connectivity index (χ0v) is 13.1. The highest BCUT2D eigenvalue weighted by Crippen LogP contribution is 2.46. The van der Waals surface area contributed by atoms with Crippen LogP contribution in [-0.2, 0) is 4.79 Å². The van der Waals surface area contributed by atoms with E-state index >= 15 is 0 Å². The second kappa shape index (κ2) is 5.05. The molecule has 19 heavy (non-hydrogen) atoms. The Morgan fingerprint density at radius 3 is 2.63 bits per heavy atom. The standard InChI is InChI=1S/C15H18INO2/c1-17-11-6-7-13(17)14(15(18)19)12(8-11)9-2-4-10(16)5-3-9/h2-5,11-14H,6-8H2,1H3,(H,18,19)/t11-,12+,13+,14?/m0/s1. The number of fused-ring (bicyclic) bond motifs is 2. The van der Waals surface area contributed by atoms with E-state index in [1.54, 1.807) is 0 Å². The Morgan fingerprint density at radius 2 is 2.00 bits per heavy atom. The summed E-state index contributed by atoms with van der Waals surface area (Å²) in [6.07, 6.45) is 3.15. The second-order valence-electron chi connectivity index (χ2n) is 5.72. The molecule has 0 aromatic heterocycles. The van der Waals surface area contributed by atoms with Gasteiger partial charge in [0.1, 0.15) is 0 Å².